The third-order valence-electron chi connectivity index (χ3n) is 4.25. The van der Waals surface area contributed by atoms with Gasteiger partial charge in [0, 0.05) is 43.0 Å². The number of hydrogen-bond donors (Lipinski definition) is 2. The van der Waals surface area contributed by atoms with E-state index in [1.807, 2.05) is 49.3 Å². The van der Waals surface area contributed by atoms with E-state index in [1.165, 1.54) is 6.20 Å². The third-order valence-corrected chi connectivity index (χ3v) is 4.25. The van der Waals surface area contributed by atoms with Crippen molar-refractivity contribution in [1.82, 2.24) is 34.5 Å². The fraction of sp³-hybridized carbons (Fsp3) is 0.167. The summed E-state index contributed by atoms with van der Waals surface area (Å²) in [5.41, 5.74) is 3.12. The maximum Gasteiger partial charge on any atom is 0.325 e. The molecule has 4 heterocycles. The summed E-state index contributed by atoms with van der Waals surface area (Å²) >= 11 is 0. The van der Waals surface area contributed by atoms with Crippen molar-refractivity contribution in [2.45, 2.75) is 13.5 Å². The molecule has 0 saturated carbocycles. The lowest BCUT2D eigenvalue weighted by Gasteiger charge is -2.05. The van der Waals surface area contributed by atoms with E-state index >= 15 is 0 Å². The van der Waals surface area contributed by atoms with Crippen molar-refractivity contribution < 1.29 is 0 Å². The lowest BCUT2D eigenvalue weighted by Crippen LogP contribution is -2.22. The van der Waals surface area contributed by atoms with Gasteiger partial charge < -0.3 is 9.55 Å². The summed E-state index contributed by atoms with van der Waals surface area (Å²) in [4.78, 5) is 27.9. The lowest BCUT2D eigenvalue weighted by atomic mass is 10.1. The zero-order chi connectivity index (χ0) is 19.0. The van der Waals surface area contributed by atoms with Crippen LogP contribution in [0.1, 0.15) is 11.4 Å². The zero-order valence-electron chi connectivity index (χ0n) is 14.8. The Morgan fingerprint density at radius 2 is 1.96 bits per heavy atom. The van der Waals surface area contributed by atoms with Gasteiger partial charge in [0.05, 0.1) is 23.5 Å². The van der Waals surface area contributed by atoms with Crippen LogP contribution in [-0.2, 0) is 13.6 Å². The smallest absolute Gasteiger partial charge is 0.325 e. The van der Waals surface area contributed by atoms with Gasteiger partial charge in [0.15, 0.2) is 0 Å². The molecule has 0 fully saturated rings. The van der Waals surface area contributed by atoms with Crippen molar-refractivity contribution in [3.8, 4) is 22.4 Å². The highest BCUT2D eigenvalue weighted by atomic mass is 16.2. The lowest BCUT2D eigenvalue weighted by molar-refractivity contribution is 0.708. The molecular formula is C18H17N7O2. The van der Waals surface area contributed by atoms with Crippen LogP contribution in [0.2, 0.25) is 0 Å². The summed E-state index contributed by atoms with van der Waals surface area (Å²) in [5.74, 6) is 0. The highest BCUT2D eigenvalue weighted by Gasteiger charge is 2.12. The molecule has 9 nitrogen and oxygen atoms in total. The first-order valence-corrected chi connectivity index (χ1v) is 8.31. The highest BCUT2D eigenvalue weighted by molar-refractivity contribution is 5.70. The number of nitrogens with zero attached hydrogens (tertiary/aromatic N) is 5. The average Bonchev–Trinajstić information content (AvgIpc) is 3.25. The van der Waals surface area contributed by atoms with Gasteiger partial charge >= 0.3 is 5.69 Å². The van der Waals surface area contributed by atoms with Crippen LogP contribution in [0, 0.1) is 6.92 Å². The molecule has 0 amide bonds. The standard InChI is InChI=1S/C18H17N7O2/c1-11-14(7-16(22-21-11)15-8-19-18(27)20-17(15)26)12-3-6-25(9-12)10-13-4-5-24(2)23-13/h3-9H,10H2,1-2H3,(H2,19,20,26,27). The van der Waals surface area contributed by atoms with E-state index in [0.29, 0.717) is 12.2 Å². The van der Waals surface area contributed by atoms with Gasteiger partial charge in [-0.15, -0.1) is 5.10 Å². The van der Waals surface area contributed by atoms with E-state index in [0.717, 1.165) is 22.5 Å². The number of H-pyrrole nitrogens is 2. The number of aryl methyl sites for hydroxylation is 2. The predicted molar refractivity (Wildman–Crippen MR) is 99.2 cm³/mol. The Bertz CT molecular complexity index is 1230. The monoisotopic (exact) mass is 363 g/mol. The van der Waals surface area contributed by atoms with Gasteiger partial charge in [-0.1, -0.05) is 0 Å². The number of rotatable bonds is 4. The van der Waals surface area contributed by atoms with Crippen molar-refractivity contribution in [2.24, 2.45) is 7.05 Å². The summed E-state index contributed by atoms with van der Waals surface area (Å²) in [6.45, 7) is 2.52. The Morgan fingerprint density at radius 1 is 1.11 bits per heavy atom. The van der Waals surface area contributed by atoms with Crippen LogP contribution < -0.4 is 11.2 Å². The molecule has 0 aliphatic carbocycles. The molecule has 4 rings (SSSR count). The highest BCUT2D eigenvalue weighted by Crippen LogP contribution is 2.25. The van der Waals surface area contributed by atoms with Crippen molar-refractivity contribution >= 4 is 0 Å². The summed E-state index contributed by atoms with van der Waals surface area (Å²) < 4.78 is 3.80. The molecule has 0 saturated heterocycles. The first-order chi connectivity index (χ1) is 13.0. The first-order valence-electron chi connectivity index (χ1n) is 8.31. The molecule has 0 bridgehead atoms. The molecule has 27 heavy (non-hydrogen) atoms. The van der Waals surface area contributed by atoms with Crippen LogP contribution in [0.15, 0.2) is 52.6 Å². The second-order valence-corrected chi connectivity index (χ2v) is 6.27. The summed E-state index contributed by atoms with van der Waals surface area (Å²) in [5, 5.41) is 12.6. The van der Waals surface area contributed by atoms with Gasteiger partial charge in [0.25, 0.3) is 5.56 Å². The Balaban J connectivity index is 1.69. The van der Waals surface area contributed by atoms with E-state index in [4.69, 9.17) is 0 Å². The summed E-state index contributed by atoms with van der Waals surface area (Å²) in [6.07, 6.45) is 7.22. The second-order valence-electron chi connectivity index (χ2n) is 6.27. The van der Waals surface area contributed by atoms with E-state index in [1.54, 1.807) is 10.7 Å². The fourth-order valence-electron chi connectivity index (χ4n) is 2.91. The van der Waals surface area contributed by atoms with Crippen LogP contribution in [-0.4, -0.2) is 34.5 Å². The third kappa shape index (κ3) is 3.34. The molecule has 136 valence electrons. The molecule has 0 spiro atoms. The minimum atomic E-state index is -0.560. The van der Waals surface area contributed by atoms with E-state index < -0.39 is 11.2 Å². The maximum atomic E-state index is 12.0. The van der Waals surface area contributed by atoms with Gasteiger partial charge in [-0.2, -0.15) is 10.2 Å². The molecule has 2 N–H and O–H groups in total. The predicted octanol–water partition coefficient (Wildman–Crippen LogP) is 1.08. The Labute approximate surface area is 153 Å². The molecule has 0 aliphatic heterocycles. The van der Waals surface area contributed by atoms with Crippen molar-refractivity contribution in [1.29, 1.82) is 0 Å². The summed E-state index contributed by atoms with van der Waals surface area (Å²) in [6, 6.07) is 5.75. The fourth-order valence-corrected chi connectivity index (χ4v) is 2.91. The van der Waals surface area contributed by atoms with E-state index in [9.17, 15) is 9.59 Å². The van der Waals surface area contributed by atoms with Gasteiger partial charge in [-0.05, 0) is 25.1 Å². The Kier molecular flexibility index (Phi) is 4.03. The van der Waals surface area contributed by atoms with Crippen molar-refractivity contribution in [2.75, 3.05) is 0 Å². The molecule has 0 aromatic carbocycles. The quantitative estimate of drug-likeness (QED) is 0.563. The molecule has 0 unspecified atom stereocenters. The maximum absolute atomic E-state index is 12.0. The number of aromatic nitrogens is 7. The minimum absolute atomic E-state index is 0.260. The molecule has 0 atom stereocenters. The minimum Gasteiger partial charge on any atom is -0.348 e. The SMILES string of the molecule is Cc1nnc(-c2c[nH]c(=O)[nH]c2=O)cc1-c1ccn(Cc2ccn(C)n2)c1. The Hall–Kier alpha value is -3.75. The second kappa shape index (κ2) is 6.52. The normalized spacial score (nSPS) is 11.0. The van der Waals surface area contributed by atoms with Crippen LogP contribution in [0.4, 0.5) is 0 Å². The summed E-state index contributed by atoms with van der Waals surface area (Å²) in [7, 11) is 1.89. The molecule has 4 aromatic rings. The van der Waals surface area contributed by atoms with Crippen molar-refractivity contribution in [3.05, 3.63) is 75.2 Å². The topological polar surface area (TPSA) is 114 Å². The Morgan fingerprint density at radius 3 is 2.70 bits per heavy atom. The van der Waals surface area contributed by atoms with Crippen molar-refractivity contribution in [3.63, 3.8) is 0 Å². The largest absolute Gasteiger partial charge is 0.348 e. The molecular weight excluding hydrogens is 346 g/mol. The van der Waals surface area contributed by atoms with Gasteiger partial charge in [0.2, 0.25) is 0 Å². The molecule has 4 aromatic heterocycles. The number of aromatic amines is 2. The van der Waals surface area contributed by atoms with Gasteiger partial charge in [-0.25, -0.2) is 4.79 Å². The molecule has 0 aliphatic rings. The zero-order valence-corrected chi connectivity index (χ0v) is 14.8. The molecule has 9 heteroatoms. The van der Waals surface area contributed by atoms with Gasteiger partial charge in [-0.3, -0.25) is 14.5 Å². The number of nitrogens with one attached hydrogen (secondary N) is 2. The van der Waals surface area contributed by atoms with E-state index in [-0.39, 0.29) is 5.56 Å². The van der Waals surface area contributed by atoms with E-state index in [2.05, 4.69) is 25.3 Å². The average molecular weight is 363 g/mol. The van der Waals surface area contributed by atoms with Crippen LogP contribution in [0.5, 0.6) is 0 Å². The molecule has 0 radical (unpaired) electrons. The van der Waals surface area contributed by atoms with Crippen LogP contribution in [0.25, 0.3) is 22.4 Å². The van der Waals surface area contributed by atoms with Gasteiger partial charge in [0.1, 0.15) is 5.69 Å². The van der Waals surface area contributed by atoms with Crippen LogP contribution in [0.3, 0.4) is 0 Å². The van der Waals surface area contributed by atoms with Crippen LogP contribution >= 0.6 is 0 Å². The first kappa shape index (κ1) is 16.7. The number of hydrogen-bond acceptors (Lipinski definition) is 5.